The minimum Gasteiger partial charge on any atom is -0.463 e. The summed E-state index contributed by atoms with van der Waals surface area (Å²) in [4.78, 5) is 11.2. The second-order valence-corrected chi connectivity index (χ2v) is 5.93. The van der Waals surface area contributed by atoms with Gasteiger partial charge in [0.25, 0.3) is 0 Å². The first-order valence-corrected chi connectivity index (χ1v) is 7.88. The van der Waals surface area contributed by atoms with Gasteiger partial charge in [-0.3, -0.25) is 4.79 Å². The molecule has 0 aromatic carbocycles. The highest BCUT2D eigenvalue weighted by atomic mass is 35.5. The molecule has 0 radical (unpaired) electrons. The van der Waals surface area contributed by atoms with E-state index in [0.29, 0.717) is 19.3 Å². The number of unbranched alkanes of at least 4 members (excludes halogenated alkanes) is 1. The van der Waals surface area contributed by atoms with E-state index < -0.39 is 6.10 Å². The Morgan fingerprint density at radius 3 is 2.71 bits per heavy atom. The molecule has 0 spiro atoms. The van der Waals surface area contributed by atoms with Gasteiger partial charge in [0.05, 0.1) is 12.7 Å². The lowest BCUT2D eigenvalue weighted by atomic mass is 9.92. The molecular formula is C15H25ClO5. The Kier molecular flexibility index (Phi) is 8.92. The van der Waals surface area contributed by atoms with Crippen molar-refractivity contribution in [2.45, 2.75) is 43.6 Å². The van der Waals surface area contributed by atoms with Crippen LogP contribution < -0.4 is 0 Å². The van der Waals surface area contributed by atoms with E-state index in [9.17, 15) is 15.0 Å². The molecule has 21 heavy (non-hydrogen) atoms. The maximum absolute atomic E-state index is 11.2. The number of aliphatic hydroxyl groups is 3. The molecule has 1 aliphatic rings. The van der Waals surface area contributed by atoms with Crippen LogP contribution in [0.1, 0.15) is 32.1 Å². The standard InChI is InChI=1S/C15H25ClO5/c16-13-9-14(19)12(10-18)11(13)5-3-1-2-4-6-15(20)21-8-7-17/h1,3,11-14,17-19H,2,4-10H2/b3-1-/t11-,12-,13-,14-/m1/s1. The van der Waals surface area contributed by atoms with Crippen molar-refractivity contribution in [3.05, 3.63) is 12.2 Å². The molecule has 1 saturated carbocycles. The molecular weight excluding hydrogens is 296 g/mol. The van der Waals surface area contributed by atoms with Gasteiger partial charge in [0.2, 0.25) is 0 Å². The van der Waals surface area contributed by atoms with Crippen LogP contribution in [-0.4, -0.2) is 52.6 Å². The van der Waals surface area contributed by atoms with Crippen LogP contribution in [0.3, 0.4) is 0 Å². The fourth-order valence-corrected chi connectivity index (χ4v) is 3.15. The number of ether oxygens (including phenoxy) is 1. The minimum atomic E-state index is -0.516. The molecule has 5 nitrogen and oxygen atoms in total. The maximum Gasteiger partial charge on any atom is 0.305 e. The fourth-order valence-electron chi connectivity index (χ4n) is 2.68. The molecule has 0 heterocycles. The summed E-state index contributed by atoms with van der Waals surface area (Å²) < 4.78 is 4.75. The molecule has 3 N–H and O–H groups in total. The second kappa shape index (κ2) is 10.2. The first-order chi connectivity index (χ1) is 10.1. The van der Waals surface area contributed by atoms with Crippen molar-refractivity contribution < 1.29 is 24.9 Å². The van der Waals surface area contributed by atoms with E-state index in [1.165, 1.54) is 0 Å². The number of aliphatic hydroxyl groups excluding tert-OH is 3. The van der Waals surface area contributed by atoms with Gasteiger partial charge in [0.15, 0.2) is 0 Å². The van der Waals surface area contributed by atoms with E-state index in [-0.39, 0.29) is 43.0 Å². The van der Waals surface area contributed by atoms with E-state index >= 15 is 0 Å². The summed E-state index contributed by atoms with van der Waals surface area (Å²) in [6, 6.07) is 0. The lowest BCUT2D eigenvalue weighted by molar-refractivity contribution is -0.144. The molecule has 6 heteroatoms. The van der Waals surface area contributed by atoms with Crippen molar-refractivity contribution in [3.8, 4) is 0 Å². The molecule has 0 aliphatic heterocycles. The van der Waals surface area contributed by atoms with Gasteiger partial charge in [0.1, 0.15) is 6.61 Å². The Labute approximate surface area is 130 Å². The average molecular weight is 321 g/mol. The highest BCUT2D eigenvalue weighted by molar-refractivity contribution is 6.21. The summed E-state index contributed by atoms with van der Waals surface area (Å²) in [5.41, 5.74) is 0. The number of alkyl halides is 1. The predicted octanol–water partition coefficient (Wildman–Crippen LogP) is 1.24. The summed E-state index contributed by atoms with van der Waals surface area (Å²) in [6.45, 7) is -0.136. The van der Waals surface area contributed by atoms with Crippen molar-refractivity contribution >= 4 is 17.6 Å². The van der Waals surface area contributed by atoms with Crippen LogP contribution in [0.25, 0.3) is 0 Å². The number of allylic oxidation sites excluding steroid dienone is 2. The van der Waals surface area contributed by atoms with Gasteiger partial charge < -0.3 is 20.1 Å². The SMILES string of the molecule is O=C(CCC/C=C\C[C@@H]1[C@@H](CO)[C@H](O)C[C@H]1Cl)OCCO. The molecule has 4 atom stereocenters. The van der Waals surface area contributed by atoms with Gasteiger partial charge >= 0.3 is 5.97 Å². The van der Waals surface area contributed by atoms with E-state index in [1.54, 1.807) is 0 Å². The van der Waals surface area contributed by atoms with Crippen LogP contribution in [-0.2, 0) is 9.53 Å². The number of hydrogen-bond donors (Lipinski definition) is 3. The van der Waals surface area contributed by atoms with Crippen LogP contribution in [0, 0.1) is 11.8 Å². The highest BCUT2D eigenvalue weighted by Crippen LogP contribution is 2.38. The van der Waals surface area contributed by atoms with Crippen LogP contribution >= 0.6 is 11.6 Å². The van der Waals surface area contributed by atoms with Gasteiger partial charge in [-0.2, -0.15) is 0 Å². The molecule has 1 fully saturated rings. The topological polar surface area (TPSA) is 87.0 Å². The summed E-state index contributed by atoms with van der Waals surface area (Å²) in [7, 11) is 0. The molecule has 1 aliphatic carbocycles. The van der Waals surface area contributed by atoms with Crippen LogP contribution in [0.5, 0.6) is 0 Å². The fraction of sp³-hybridized carbons (Fsp3) is 0.800. The lowest BCUT2D eigenvalue weighted by Gasteiger charge is -2.19. The number of halogens is 1. The van der Waals surface area contributed by atoms with E-state index in [2.05, 4.69) is 0 Å². The average Bonchev–Trinajstić information content (AvgIpc) is 2.73. The smallest absolute Gasteiger partial charge is 0.305 e. The molecule has 122 valence electrons. The highest BCUT2D eigenvalue weighted by Gasteiger charge is 2.40. The summed E-state index contributed by atoms with van der Waals surface area (Å²) in [6.07, 6.45) is 6.53. The third-order valence-corrected chi connectivity index (χ3v) is 4.37. The van der Waals surface area contributed by atoms with Gasteiger partial charge in [-0.15, -0.1) is 11.6 Å². The minimum absolute atomic E-state index is 0.0421. The van der Waals surface area contributed by atoms with Crippen molar-refractivity contribution in [1.82, 2.24) is 0 Å². The molecule has 0 saturated heterocycles. The Morgan fingerprint density at radius 1 is 1.29 bits per heavy atom. The lowest BCUT2D eigenvalue weighted by Crippen LogP contribution is -2.23. The van der Waals surface area contributed by atoms with Crippen LogP contribution in [0.15, 0.2) is 12.2 Å². The molecule has 1 rings (SSSR count). The van der Waals surface area contributed by atoms with E-state index in [4.69, 9.17) is 21.4 Å². The Hall–Kier alpha value is -0.620. The van der Waals surface area contributed by atoms with E-state index in [1.807, 2.05) is 12.2 Å². The third-order valence-electron chi connectivity index (χ3n) is 3.87. The van der Waals surface area contributed by atoms with Crippen molar-refractivity contribution in [2.75, 3.05) is 19.8 Å². The predicted molar refractivity (Wildman–Crippen MR) is 80.0 cm³/mol. The Morgan fingerprint density at radius 2 is 2.05 bits per heavy atom. The van der Waals surface area contributed by atoms with E-state index in [0.717, 1.165) is 12.8 Å². The third kappa shape index (κ3) is 6.34. The van der Waals surface area contributed by atoms with Gasteiger partial charge in [0, 0.05) is 24.3 Å². The van der Waals surface area contributed by atoms with Crippen molar-refractivity contribution in [3.63, 3.8) is 0 Å². The second-order valence-electron chi connectivity index (χ2n) is 5.37. The van der Waals surface area contributed by atoms with Crippen LogP contribution in [0.4, 0.5) is 0 Å². The zero-order valence-electron chi connectivity index (χ0n) is 12.2. The normalized spacial score (nSPS) is 29.1. The van der Waals surface area contributed by atoms with Crippen LogP contribution in [0.2, 0.25) is 0 Å². The number of carbonyl (C=O) groups is 1. The summed E-state index contributed by atoms with van der Waals surface area (Å²) in [5, 5.41) is 27.5. The van der Waals surface area contributed by atoms with Crippen molar-refractivity contribution in [2.24, 2.45) is 11.8 Å². The Balaban J connectivity index is 2.18. The van der Waals surface area contributed by atoms with Crippen molar-refractivity contribution in [1.29, 1.82) is 0 Å². The molecule has 0 aromatic heterocycles. The number of rotatable bonds is 9. The molecule has 0 unspecified atom stereocenters. The molecule has 0 amide bonds. The number of esters is 1. The monoisotopic (exact) mass is 320 g/mol. The quantitative estimate of drug-likeness (QED) is 0.257. The molecule has 0 bridgehead atoms. The molecule has 0 aromatic rings. The summed E-state index contributed by atoms with van der Waals surface area (Å²) >= 11 is 6.19. The number of carbonyl (C=O) groups excluding carboxylic acids is 1. The van der Waals surface area contributed by atoms with Gasteiger partial charge in [-0.05, 0) is 31.6 Å². The zero-order chi connectivity index (χ0) is 15.7. The largest absolute Gasteiger partial charge is 0.463 e. The number of hydrogen-bond acceptors (Lipinski definition) is 5. The maximum atomic E-state index is 11.2. The Bertz CT molecular complexity index is 334. The van der Waals surface area contributed by atoms with Gasteiger partial charge in [-0.25, -0.2) is 0 Å². The zero-order valence-corrected chi connectivity index (χ0v) is 12.9. The first kappa shape index (κ1) is 18.4. The summed E-state index contributed by atoms with van der Waals surface area (Å²) in [5.74, 6) is -0.347. The van der Waals surface area contributed by atoms with Gasteiger partial charge in [-0.1, -0.05) is 12.2 Å². The first-order valence-electron chi connectivity index (χ1n) is 7.44.